The maximum Gasteiger partial charge on any atom is 0.280 e. The van der Waals surface area contributed by atoms with Crippen molar-refractivity contribution >= 4 is 5.78 Å². The largest absolute Gasteiger partial charge is 0.343 e. The predicted octanol–water partition coefficient (Wildman–Crippen LogP) is 1.73. The van der Waals surface area contributed by atoms with Gasteiger partial charge in [-0.1, -0.05) is 30.3 Å². The molecule has 0 aliphatic carbocycles. The Morgan fingerprint density at radius 1 is 1.35 bits per heavy atom. The highest BCUT2D eigenvalue weighted by Crippen LogP contribution is 2.23. The first-order chi connectivity index (χ1) is 8.20. The molecule has 4 nitrogen and oxygen atoms in total. The summed E-state index contributed by atoms with van der Waals surface area (Å²) in [6, 6.07) is 8.86. The fourth-order valence-electron chi connectivity index (χ4n) is 1.75. The van der Waals surface area contributed by atoms with Gasteiger partial charge in [-0.3, -0.25) is 4.79 Å². The van der Waals surface area contributed by atoms with Crippen LogP contribution in [-0.2, 0) is 9.47 Å². The van der Waals surface area contributed by atoms with Crippen molar-refractivity contribution in [2.24, 2.45) is 0 Å². The molecule has 0 saturated carbocycles. The van der Waals surface area contributed by atoms with E-state index in [0.717, 1.165) is 12.8 Å². The van der Waals surface area contributed by atoms with Crippen LogP contribution in [0.5, 0.6) is 0 Å². The van der Waals surface area contributed by atoms with E-state index in [9.17, 15) is 9.90 Å². The Morgan fingerprint density at radius 2 is 2.12 bits per heavy atom. The van der Waals surface area contributed by atoms with Crippen LogP contribution >= 0.6 is 0 Å². The van der Waals surface area contributed by atoms with Crippen molar-refractivity contribution in [3.8, 4) is 0 Å². The van der Waals surface area contributed by atoms with Crippen LogP contribution in [0.4, 0.5) is 0 Å². The molecular formula is C13H16O4. The maximum atomic E-state index is 11.7. The van der Waals surface area contributed by atoms with E-state index in [1.54, 1.807) is 24.3 Å². The van der Waals surface area contributed by atoms with Crippen LogP contribution in [0.25, 0.3) is 0 Å². The van der Waals surface area contributed by atoms with Crippen LogP contribution in [0.2, 0.25) is 0 Å². The molecule has 4 heteroatoms. The average molecular weight is 236 g/mol. The Bertz CT molecular complexity index is 368. The number of hydrogen-bond donors (Lipinski definition) is 1. The highest BCUT2D eigenvalue weighted by molar-refractivity contribution is 5.97. The standard InChI is InChI=1S/C13H16O4/c14-12(11-6-2-1-3-7-11)10-17-13(15)8-4-5-9-16-13/h1-3,6-7,15H,4-5,8-10H2. The number of ether oxygens (including phenoxy) is 2. The molecule has 1 aromatic carbocycles. The zero-order chi connectivity index (χ0) is 12.1. The zero-order valence-electron chi connectivity index (χ0n) is 9.59. The molecule has 1 atom stereocenters. The third-order valence-electron chi connectivity index (χ3n) is 2.74. The molecular weight excluding hydrogens is 220 g/mol. The summed E-state index contributed by atoms with van der Waals surface area (Å²) in [5.74, 6) is -1.74. The van der Waals surface area contributed by atoms with Crippen LogP contribution in [0.15, 0.2) is 30.3 Å². The second kappa shape index (κ2) is 5.40. The molecule has 92 valence electrons. The van der Waals surface area contributed by atoms with E-state index in [1.807, 2.05) is 6.07 Å². The number of carbonyl (C=O) groups is 1. The van der Waals surface area contributed by atoms with E-state index in [1.165, 1.54) is 0 Å². The Labute approximate surface area is 100 Å². The van der Waals surface area contributed by atoms with Crippen LogP contribution in [0.1, 0.15) is 29.6 Å². The number of rotatable bonds is 4. The number of hydrogen-bond acceptors (Lipinski definition) is 4. The summed E-state index contributed by atoms with van der Waals surface area (Å²) in [5.41, 5.74) is 0.576. The van der Waals surface area contributed by atoms with Gasteiger partial charge in [0.1, 0.15) is 6.61 Å². The van der Waals surface area contributed by atoms with E-state index >= 15 is 0 Å². The first-order valence-electron chi connectivity index (χ1n) is 5.78. The molecule has 1 unspecified atom stereocenters. The summed E-state index contributed by atoms with van der Waals surface area (Å²) in [5, 5.41) is 9.87. The van der Waals surface area contributed by atoms with Gasteiger partial charge in [0, 0.05) is 12.0 Å². The first kappa shape index (κ1) is 12.2. The number of carbonyl (C=O) groups excluding carboxylic acids is 1. The van der Waals surface area contributed by atoms with Gasteiger partial charge in [0.15, 0.2) is 5.78 Å². The Balaban J connectivity index is 1.87. The van der Waals surface area contributed by atoms with Crippen molar-refractivity contribution in [1.82, 2.24) is 0 Å². The highest BCUT2D eigenvalue weighted by atomic mass is 16.8. The topological polar surface area (TPSA) is 55.8 Å². The van der Waals surface area contributed by atoms with Crippen molar-refractivity contribution in [2.75, 3.05) is 13.2 Å². The zero-order valence-corrected chi connectivity index (χ0v) is 9.59. The minimum atomic E-state index is -1.58. The third kappa shape index (κ3) is 3.36. The van der Waals surface area contributed by atoms with Gasteiger partial charge in [0.25, 0.3) is 5.97 Å². The smallest absolute Gasteiger partial charge is 0.280 e. The fraction of sp³-hybridized carbons (Fsp3) is 0.462. The lowest BCUT2D eigenvalue weighted by Gasteiger charge is -2.31. The third-order valence-corrected chi connectivity index (χ3v) is 2.74. The van der Waals surface area contributed by atoms with Gasteiger partial charge in [-0.05, 0) is 12.8 Å². The van der Waals surface area contributed by atoms with Crippen LogP contribution < -0.4 is 0 Å². The lowest BCUT2D eigenvalue weighted by molar-refractivity contribution is -0.369. The molecule has 0 radical (unpaired) electrons. The molecule has 0 bridgehead atoms. The van der Waals surface area contributed by atoms with E-state index < -0.39 is 5.97 Å². The number of Topliss-reactive ketones (excluding diaryl/α,β-unsaturated/α-hetero) is 1. The molecule has 1 aliphatic heterocycles. The van der Waals surface area contributed by atoms with Crippen LogP contribution in [0, 0.1) is 0 Å². The summed E-state index contributed by atoms with van der Waals surface area (Å²) < 4.78 is 10.3. The molecule has 1 aromatic rings. The lowest BCUT2D eigenvalue weighted by atomic mass is 10.1. The highest BCUT2D eigenvalue weighted by Gasteiger charge is 2.32. The fourth-order valence-corrected chi connectivity index (χ4v) is 1.75. The van der Waals surface area contributed by atoms with Gasteiger partial charge in [-0.2, -0.15) is 0 Å². The Kier molecular flexibility index (Phi) is 3.89. The van der Waals surface area contributed by atoms with Crippen molar-refractivity contribution in [2.45, 2.75) is 25.2 Å². The van der Waals surface area contributed by atoms with E-state index in [0.29, 0.717) is 18.6 Å². The molecule has 1 N–H and O–H groups in total. The molecule has 0 amide bonds. The molecule has 1 fully saturated rings. The van der Waals surface area contributed by atoms with Crippen molar-refractivity contribution in [1.29, 1.82) is 0 Å². The number of benzene rings is 1. The summed E-state index contributed by atoms with van der Waals surface area (Å²) in [6.45, 7) is 0.302. The van der Waals surface area contributed by atoms with E-state index in [4.69, 9.17) is 9.47 Å². The summed E-state index contributed by atoms with van der Waals surface area (Å²) in [6.07, 6.45) is 2.17. The Morgan fingerprint density at radius 3 is 2.76 bits per heavy atom. The minimum absolute atomic E-state index is 0.159. The molecule has 0 aromatic heterocycles. The number of aliphatic hydroxyl groups is 1. The molecule has 0 spiro atoms. The first-order valence-corrected chi connectivity index (χ1v) is 5.78. The van der Waals surface area contributed by atoms with E-state index in [-0.39, 0.29) is 12.4 Å². The predicted molar refractivity (Wildman–Crippen MR) is 61.5 cm³/mol. The molecule has 2 rings (SSSR count). The van der Waals surface area contributed by atoms with Crippen LogP contribution in [0.3, 0.4) is 0 Å². The van der Waals surface area contributed by atoms with Gasteiger partial charge in [0.2, 0.25) is 0 Å². The molecule has 1 saturated heterocycles. The normalized spacial score (nSPS) is 24.5. The maximum absolute atomic E-state index is 11.7. The quantitative estimate of drug-likeness (QED) is 0.639. The second-order valence-electron chi connectivity index (χ2n) is 4.10. The summed E-state index contributed by atoms with van der Waals surface area (Å²) in [4.78, 5) is 11.7. The average Bonchev–Trinajstić information content (AvgIpc) is 2.38. The van der Waals surface area contributed by atoms with Gasteiger partial charge in [-0.25, -0.2) is 0 Å². The van der Waals surface area contributed by atoms with Crippen molar-refractivity contribution < 1.29 is 19.4 Å². The van der Waals surface area contributed by atoms with Gasteiger partial charge < -0.3 is 14.6 Å². The lowest BCUT2D eigenvalue weighted by Crippen LogP contribution is -2.40. The summed E-state index contributed by atoms with van der Waals surface area (Å²) in [7, 11) is 0. The Hall–Kier alpha value is -1.23. The number of ketones is 1. The second-order valence-corrected chi connectivity index (χ2v) is 4.10. The monoisotopic (exact) mass is 236 g/mol. The van der Waals surface area contributed by atoms with Gasteiger partial charge >= 0.3 is 0 Å². The van der Waals surface area contributed by atoms with Crippen molar-refractivity contribution in [3.63, 3.8) is 0 Å². The molecule has 1 aliphatic rings. The summed E-state index contributed by atoms with van der Waals surface area (Å²) >= 11 is 0. The van der Waals surface area contributed by atoms with Gasteiger partial charge in [-0.15, -0.1) is 0 Å². The SMILES string of the molecule is O=C(COC1(O)CCCCO1)c1ccccc1. The minimum Gasteiger partial charge on any atom is -0.343 e. The molecule has 1 heterocycles. The van der Waals surface area contributed by atoms with Crippen LogP contribution in [-0.4, -0.2) is 30.1 Å². The molecule has 17 heavy (non-hydrogen) atoms. The van der Waals surface area contributed by atoms with E-state index in [2.05, 4.69) is 0 Å². The van der Waals surface area contributed by atoms with Crippen molar-refractivity contribution in [3.05, 3.63) is 35.9 Å². The van der Waals surface area contributed by atoms with Gasteiger partial charge in [0.05, 0.1) is 6.61 Å².